The standard InChI is InChI=1S/C21H26O7S/c1-3-26-20(21(22)23)15-17-7-9-18(10-8-17)27-14-13-16-5-11-19(12-6-16)28-29(24,25)4-2/h5-12,20H,3-4,13-15H2,1-2H3,(H,22,23)/t20-/m0/s1. The maximum absolute atomic E-state index is 11.5. The third-order valence-corrected chi connectivity index (χ3v) is 5.30. The number of rotatable bonds is 12. The quantitative estimate of drug-likeness (QED) is 0.525. The molecular weight excluding hydrogens is 396 g/mol. The van der Waals surface area contributed by atoms with Crippen molar-refractivity contribution in [3.63, 3.8) is 0 Å². The largest absolute Gasteiger partial charge is 0.493 e. The first-order chi connectivity index (χ1) is 13.8. The van der Waals surface area contributed by atoms with Crippen molar-refractivity contribution in [1.82, 2.24) is 0 Å². The lowest BCUT2D eigenvalue weighted by molar-refractivity contribution is -0.149. The van der Waals surface area contributed by atoms with Gasteiger partial charge in [0.25, 0.3) is 0 Å². The predicted octanol–water partition coefficient (Wildman–Crippen LogP) is 3.07. The molecular formula is C21H26O7S. The summed E-state index contributed by atoms with van der Waals surface area (Å²) in [6.45, 7) is 4.08. The highest BCUT2D eigenvalue weighted by atomic mass is 32.2. The summed E-state index contributed by atoms with van der Waals surface area (Å²) >= 11 is 0. The Morgan fingerprint density at radius 2 is 1.55 bits per heavy atom. The Bertz CT molecular complexity index is 874. The van der Waals surface area contributed by atoms with E-state index < -0.39 is 22.2 Å². The Labute approximate surface area is 171 Å². The lowest BCUT2D eigenvalue weighted by Crippen LogP contribution is -2.26. The third-order valence-electron chi connectivity index (χ3n) is 4.15. The summed E-state index contributed by atoms with van der Waals surface area (Å²) in [6, 6.07) is 14.1. The highest BCUT2D eigenvalue weighted by Crippen LogP contribution is 2.17. The molecule has 8 heteroatoms. The van der Waals surface area contributed by atoms with Gasteiger partial charge < -0.3 is 18.8 Å². The Morgan fingerprint density at radius 1 is 0.966 bits per heavy atom. The Morgan fingerprint density at radius 3 is 2.10 bits per heavy atom. The number of carbonyl (C=O) groups is 1. The van der Waals surface area contributed by atoms with Crippen LogP contribution in [0.2, 0.25) is 0 Å². The highest BCUT2D eigenvalue weighted by Gasteiger charge is 2.17. The van der Waals surface area contributed by atoms with Crippen LogP contribution in [0.4, 0.5) is 0 Å². The summed E-state index contributed by atoms with van der Waals surface area (Å²) in [4.78, 5) is 11.2. The van der Waals surface area contributed by atoms with Gasteiger partial charge in [-0.15, -0.1) is 0 Å². The lowest BCUT2D eigenvalue weighted by Gasteiger charge is -2.13. The van der Waals surface area contributed by atoms with Crippen molar-refractivity contribution in [1.29, 1.82) is 0 Å². The van der Waals surface area contributed by atoms with E-state index in [0.29, 0.717) is 37.6 Å². The average Bonchev–Trinajstić information content (AvgIpc) is 2.70. The number of hydrogen-bond acceptors (Lipinski definition) is 6. The van der Waals surface area contributed by atoms with E-state index >= 15 is 0 Å². The van der Waals surface area contributed by atoms with E-state index in [1.807, 2.05) is 12.1 Å². The van der Waals surface area contributed by atoms with Gasteiger partial charge in [0.15, 0.2) is 6.10 Å². The minimum atomic E-state index is -3.52. The molecule has 7 nitrogen and oxygen atoms in total. The number of hydrogen-bond donors (Lipinski definition) is 1. The van der Waals surface area contributed by atoms with Crippen LogP contribution in [0.15, 0.2) is 48.5 Å². The first kappa shape index (κ1) is 22.7. The smallest absolute Gasteiger partial charge is 0.333 e. The van der Waals surface area contributed by atoms with Crippen molar-refractivity contribution < 1.29 is 32.0 Å². The Hall–Kier alpha value is -2.58. The summed E-state index contributed by atoms with van der Waals surface area (Å²) in [7, 11) is -3.52. The van der Waals surface area contributed by atoms with Gasteiger partial charge in [-0.25, -0.2) is 4.79 Å². The minimum Gasteiger partial charge on any atom is -0.493 e. The zero-order chi connectivity index (χ0) is 21.3. The van der Waals surface area contributed by atoms with Gasteiger partial charge in [-0.3, -0.25) is 0 Å². The van der Waals surface area contributed by atoms with Gasteiger partial charge in [-0.2, -0.15) is 8.42 Å². The van der Waals surface area contributed by atoms with Crippen LogP contribution in [0, 0.1) is 0 Å². The van der Waals surface area contributed by atoms with E-state index in [1.54, 1.807) is 43.3 Å². The van der Waals surface area contributed by atoms with Crippen molar-refractivity contribution in [3.8, 4) is 11.5 Å². The zero-order valence-corrected chi connectivity index (χ0v) is 17.4. The molecule has 0 saturated carbocycles. The lowest BCUT2D eigenvalue weighted by atomic mass is 10.1. The fourth-order valence-corrected chi connectivity index (χ4v) is 3.08. The maximum Gasteiger partial charge on any atom is 0.333 e. The van der Waals surface area contributed by atoms with Gasteiger partial charge in [-0.1, -0.05) is 24.3 Å². The van der Waals surface area contributed by atoms with Crippen LogP contribution in [0.1, 0.15) is 25.0 Å². The number of aliphatic carboxylic acids is 1. The second-order valence-corrected chi connectivity index (χ2v) is 8.16. The second kappa shape index (κ2) is 10.8. The molecule has 0 bridgehead atoms. The molecule has 0 amide bonds. The third kappa shape index (κ3) is 7.75. The van der Waals surface area contributed by atoms with Gasteiger partial charge in [0.1, 0.15) is 11.5 Å². The zero-order valence-electron chi connectivity index (χ0n) is 16.5. The molecule has 0 radical (unpaired) electrons. The topological polar surface area (TPSA) is 99.1 Å². The molecule has 0 heterocycles. The summed E-state index contributed by atoms with van der Waals surface area (Å²) in [6.07, 6.45) is 0.0885. The average molecular weight is 422 g/mol. The first-order valence-electron chi connectivity index (χ1n) is 9.40. The molecule has 0 fully saturated rings. The normalized spacial score (nSPS) is 12.3. The van der Waals surface area contributed by atoms with Crippen molar-refractivity contribution in [3.05, 3.63) is 59.7 Å². The molecule has 0 unspecified atom stereocenters. The molecule has 1 N–H and O–H groups in total. The van der Waals surface area contributed by atoms with Gasteiger partial charge in [0, 0.05) is 19.4 Å². The molecule has 29 heavy (non-hydrogen) atoms. The van der Waals surface area contributed by atoms with E-state index in [1.165, 1.54) is 6.92 Å². The van der Waals surface area contributed by atoms with Gasteiger partial charge in [0.05, 0.1) is 12.4 Å². The van der Waals surface area contributed by atoms with Crippen molar-refractivity contribution in [2.75, 3.05) is 19.0 Å². The number of ether oxygens (including phenoxy) is 2. The van der Waals surface area contributed by atoms with Crippen molar-refractivity contribution in [2.45, 2.75) is 32.8 Å². The van der Waals surface area contributed by atoms with Crippen LogP contribution >= 0.6 is 0 Å². The van der Waals surface area contributed by atoms with Crippen LogP contribution in [0.25, 0.3) is 0 Å². The van der Waals surface area contributed by atoms with Crippen molar-refractivity contribution in [2.24, 2.45) is 0 Å². The molecule has 2 aromatic carbocycles. The first-order valence-corrected chi connectivity index (χ1v) is 11.0. The predicted molar refractivity (Wildman–Crippen MR) is 109 cm³/mol. The van der Waals surface area contributed by atoms with Gasteiger partial charge in [0.2, 0.25) is 0 Å². The maximum atomic E-state index is 11.5. The van der Waals surface area contributed by atoms with Crippen LogP contribution in [0.5, 0.6) is 11.5 Å². The molecule has 0 aliphatic heterocycles. The van der Waals surface area contributed by atoms with E-state index in [0.717, 1.165) is 11.1 Å². The van der Waals surface area contributed by atoms with Crippen LogP contribution in [-0.4, -0.2) is 44.6 Å². The van der Waals surface area contributed by atoms with Crippen LogP contribution in [-0.2, 0) is 32.5 Å². The monoisotopic (exact) mass is 422 g/mol. The molecule has 0 aliphatic rings. The summed E-state index contributed by atoms with van der Waals surface area (Å²) in [5.41, 5.74) is 1.85. The number of carboxylic acids is 1. The van der Waals surface area contributed by atoms with E-state index in [2.05, 4.69) is 0 Å². The fourth-order valence-electron chi connectivity index (χ4n) is 2.56. The molecule has 0 aliphatic carbocycles. The van der Waals surface area contributed by atoms with E-state index in [-0.39, 0.29) is 5.75 Å². The van der Waals surface area contributed by atoms with Crippen LogP contribution < -0.4 is 8.92 Å². The van der Waals surface area contributed by atoms with Gasteiger partial charge >= 0.3 is 16.1 Å². The molecule has 158 valence electrons. The highest BCUT2D eigenvalue weighted by molar-refractivity contribution is 7.87. The second-order valence-electron chi connectivity index (χ2n) is 6.30. The summed E-state index contributed by atoms with van der Waals surface area (Å²) < 4.78 is 38.8. The number of benzene rings is 2. The fraction of sp³-hybridized carbons (Fsp3) is 0.381. The minimum absolute atomic E-state index is 0.0794. The molecule has 2 aromatic rings. The van der Waals surface area contributed by atoms with Gasteiger partial charge in [-0.05, 0) is 49.2 Å². The molecule has 2 rings (SSSR count). The summed E-state index contributed by atoms with van der Waals surface area (Å²) in [5.74, 6) is -0.0787. The molecule has 0 aromatic heterocycles. The Balaban J connectivity index is 1.82. The molecule has 1 atom stereocenters. The summed E-state index contributed by atoms with van der Waals surface area (Å²) in [5, 5.41) is 9.14. The van der Waals surface area contributed by atoms with Crippen molar-refractivity contribution >= 4 is 16.1 Å². The Kier molecular flexibility index (Phi) is 8.48. The van der Waals surface area contributed by atoms with E-state index in [9.17, 15) is 13.2 Å². The van der Waals surface area contributed by atoms with Crippen LogP contribution in [0.3, 0.4) is 0 Å². The molecule has 0 spiro atoms. The van der Waals surface area contributed by atoms with E-state index in [4.69, 9.17) is 18.8 Å². The number of carboxylic acid groups (broad SMARTS) is 1. The SMILES string of the molecule is CCO[C@@H](Cc1ccc(OCCc2ccc(OS(=O)(=O)CC)cc2)cc1)C(=O)O. The molecule has 0 saturated heterocycles.